The van der Waals surface area contributed by atoms with Gasteiger partial charge in [-0.2, -0.15) is 5.10 Å². The third-order valence-corrected chi connectivity index (χ3v) is 1.29. The summed E-state index contributed by atoms with van der Waals surface area (Å²) in [4.78, 5) is 0. The third-order valence-electron chi connectivity index (χ3n) is 1.29. The maximum Gasteiger partial charge on any atom is 0.161 e. The molecule has 0 aliphatic rings. The van der Waals surface area contributed by atoms with E-state index in [-0.39, 0.29) is 0 Å². The highest BCUT2D eigenvalue weighted by atomic mass is 15.2. The smallest absolute Gasteiger partial charge is 0.161 e. The number of nitrogens with two attached hydrogens (primary N) is 2. The van der Waals surface area contributed by atoms with E-state index in [1.54, 1.807) is 0 Å². The molecule has 0 amide bonds. The van der Waals surface area contributed by atoms with Crippen molar-refractivity contribution in [2.75, 3.05) is 12.3 Å². The molecule has 0 aliphatic heterocycles. The van der Waals surface area contributed by atoms with Crippen molar-refractivity contribution in [2.24, 2.45) is 5.73 Å². The lowest BCUT2D eigenvalue weighted by molar-refractivity contribution is 1.05. The Hall–Kier alpha value is -1.47. The predicted octanol–water partition coefficient (Wildman–Crippen LogP) is -0.389. The first-order valence-corrected chi connectivity index (χ1v) is 3.25. The van der Waals surface area contributed by atoms with Gasteiger partial charge in [-0.1, -0.05) is 11.8 Å². The molecule has 1 heterocycles. The minimum Gasteiger partial charge on any atom is -0.381 e. The average Bonchev–Trinajstić information content (AvgIpc) is 2.29. The maximum absolute atomic E-state index is 5.50. The monoisotopic (exact) mass is 150 g/mol. The molecule has 0 unspecified atom stereocenters. The summed E-state index contributed by atoms with van der Waals surface area (Å²) < 4.78 is 0. The molecule has 4 nitrogen and oxygen atoms in total. The van der Waals surface area contributed by atoms with Crippen LogP contribution in [0.4, 0.5) is 5.82 Å². The first-order chi connectivity index (χ1) is 5.25. The van der Waals surface area contributed by atoms with E-state index in [4.69, 9.17) is 11.5 Å². The van der Waals surface area contributed by atoms with Gasteiger partial charge in [-0.15, -0.1) is 0 Å². The summed E-state index contributed by atoms with van der Waals surface area (Å²) in [5.74, 6) is 5.97. The molecule has 0 atom stereocenters. The molecule has 0 fully saturated rings. The molecule has 0 spiro atoms. The van der Waals surface area contributed by atoms with E-state index in [0.717, 1.165) is 11.3 Å². The highest BCUT2D eigenvalue weighted by molar-refractivity contribution is 5.53. The van der Waals surface area contributed by atoms with Crippen molar-refractivity contribution >= 4 is 5.82 Å². The summed E-state index contributed by atoms with van der Waals surface area (Å²) >= 11 is 0. The number of nitrogen functional groups attached to an aromatic ring is 1. The minimum atomic E-state index is 0.337. The molecule has 5 N–H and O–H groups in total. The Morgan fingerprint density at radius 2 is 2.36 bits per heavy atom. The molecular weight excluding hydrogens is 140 g/mol. The molecule has 0 aromatic carbocycles. The summed E-state index contributed by atoms with van der Waals surface area (Å²) in [6.45, 7) is 2.20. The molecule has 1 rings (SSSR count). The van der Waals surface area contributed by atoms with Gasteiger partial charge < -0.3 is 11.5 Å². The maximum atomic E-state index is 5.50. The first kappa shape index (κ1) is 7.63. The molecule has 0 aliphatic carbocycles. The van der Waals surface area contributed by atoms with Crippen molar-refractivity contribution < 1.29 is 0 Å². The van der Waals surface area contributed by atoms with Crippen LogP contribution in [0.5, 0.6) is 0 Å². The molecule has 0 saturated carbocycles. The molecule has 0 radical (unpaired) electrons. The van der Waals surface area contributed by atoms with E-state index in [1.807, 2.05) is 6.92 Å². The SMILES string of the molecule is Cc1[nH]nc(N)c1C#CCN. The zero-order valence-electron chi connectivity index (χ0n) is 6.31. The van der Waals surface area contributed by atoms with Gasteiger partial charge in [0.25, 0.3) is 0 Å². The van der Waals surface area contributed by atoms with Crippen molar-refractivity contribution in [3.63, 3.8) is 0 Å². The summed E-state index contributed by atoms with van der Waals surface area (Å²) in [7, 11) is 0. The minimum absolute atomic E-state index is 0.337. The van der Waals surface area contributed by atoms with Gasteiger partial charge in [-0.3, -0.25) is 5.10 Å². The number of anilines is 1. The Bertz CT molecular complexity index is 282. The number of nitrogens with zero attached hydrogens (tertiary/aromatic N) is 1. The average molecular weight is 150 g/mol. The highest BCUT2D eigenvalue weighted by Crippen LogP contribution is 2.09. The Labute approximate surface area is 65.0 Å². The third kappa shape index (κ3) is 1.51. The van der Waals surface area contributed by atoms with Crippen LogP contribution in [0.1, 0.15) is 11.3 Å². The topological polar surface area (TPSA) is 80.7 Å². The van der Waals surface area contributed by atoms with Crippen LogP contribution in [0, 0.1) is 18.8 Å². The number of aromatic amines is 1. The van der Waals surface area contributed by atoms with Crippen LogP contribution in [-0.2, 0) is 0 Å². The number of hydrogen-bond donors (Lipinski definition) is 3. The first-order valence-electron chi connectivity index (χ1n) is 3.25. The Kier molecular flexibility index (Phi) is 2.14. The van der Waals surface area contributed by atoms with Crippen molar-refractivity contribution in [1.82, 2.24) is 10.2 Å². The van der Waals surface area contributed by atoms with Crippen LogP contribution < -0.4 is 11.5 Å². The summed E-state index contributed by atoms with van der Waals surface area (Å²) in [6.07, 6.45) is 0. The number of aromatic nitrogens is 2. The highest BCUT2D eigenvalue weighted by Gasteiger charge is 2.01. The van der Waals surface area contributed by atoms with Gasteiger partial charge in [-0.25, -0.2) is 0 Å². The van der Waals surface area contributed by atoms with E-state index in [1.165, 1.54) is 0 Å². The number of hydrogen-bond acceptors (Lipinski definition) is 3. The zero-order valence-corrected chi connectivity index (χ0v) is 6.31. The number of nitrogens with one attached hydrogen (secondary N) is 1. The fourth-order valence-corrected chi connectivity index (χ4v) is 0.745. The molecule has 4 heteroatoms. The van der Waals surface area contributed by atoms with Crippen molar-refractivity contribution in [3.05, 3.63) is 11.3 Å². The lowest BCUT2D eigenvalue weighted by atomic mass is 10.2. The van der Waals surface area contributed by atoms with E-state index >= 15 is 0 Å². The molecular formula is C7H10N4. The predicted molar refractivity (Wildman–Crippen MR) is 43.7 cm³/mol. The standard InChI is InChI=1S/C7H10N4/c1-5-6(3-2-4-8)7(9)11-10-5/h4,8H2,1H3,(H3,9,10,11). The Balaban J connectivity index is 3.01. The largest absolute Gasteiger partial charge is 0.381 e. The van der Waals surface area contributed by atoms with Gasteiger partial charge in [0.2, 0.25) is 0 Å². The van der Waals surface area contributed by atoms with Crippen LogP contribution in [0.15, 0.2) is 0 Å². The Morgan fingerprint density at radius 3 is 2.82 bits per heavy atom. The van der Waals surface area contributed by atoms with Crippen LogP contribution in [0.3, 0.4) is 0 Å². The molecule has 1 aromatic rings. The van der Waals surface area contributed by atoms with Crippen molar-refractivity contribution in [1.29, 1.82) is 0 Å². The lowest BCUT2D eigenvalue weighted by Gasteiger charge is -1.85. The molecule has 58 valence electrons. The van der Waals surface area contributed by atoms with Gasteiger partial charge in [-0.05, 0) is 6.92 Å². The van der Waals surface area contributed by atoms with E-state index in [9.17, 15) is 0 Å². The normalized spacial score (nSPS) is 8.91. The number of rotatable bonds is 0. The van der Waals surface area contributed by atoms with Crippen molar-refractivity contribution in [2.45, 2.75) is 6.92 Å². The van der Waals surface area contributed by atoms with Crippen molar-refractivity contribution in [3.8, 4) is 11.8 Å². The quantitative estimate of drug-likeness (QED) is 0.440. The van der Waals surface area contributed by atoms with E-state index < -0.39 is 0 Å². The second-order valence-electron chi connectivity index (χ2n) is 2.11. The van der Waals surface area contributed by atoms with Gasteiger partial charge in [0.15, 0.2) is 5.82 Å². The Morgan fingerprint density at radius 1 is 1.64 bits per heavy atom. The van der Waals surface area contributed by atoms with Gasteiger partial charge in [0, 0.05) is 5.69 Å². The van der Waals surface area contributed by atoms with Gasteiger partial charge in [0.1, 0.15) is 0 Å². The van der Waals surface area contributed by atoms with Crippen LogP contribution in [0.25, 0.3) is 0 Å². The van der Waals surface area contributed by atoms with Crippen LogP contribution in [-0.4, -0.2) is 16.7 Å². The van der Waals surface area contributed by atoms with Gasteiger partial charge >= 0.3 is 0 Å². The van der Waals surface area contributed by atoms with Gasteiger partial charge in [0.05, 0.1) is 12.1 Å². The van der Waals surface area contributed by atoms with Crippen LogP contribution >= 0.6 is 0 Å². The molecule has 0 saturated heterocycles. The number of aryl methyl sites for hydroxylation is 1. The summed E-state index contributed by atoms with van der Waals surface area (Å²) in [5, 5.41) is 6.51. The zero-order chi connectivity index (χ0) is 8.27. The molecule has 0 bridgehead atoms. The second kappa shape index (κ2) is 3.08. The summed E-state index contributed by atoms with van der Waals surface area (Å²) in [6, 6.07) is 0. The molecule has 1 aromatic heterocycles. The fourth-order valence-electron chi connectivity index (χ4n) is 0.745. The second-order valence-corrected chi connectivity index (χ2v) is 2.11. The van der Waals surface area contributed by atoms with E-state index in [2.05, 4.69) is 22.0 Å². The summed E-state index contributed by atoms with van der Waals surface area (Å²) in [5.41, 5.74) is 12.3. The fraction of sp³-hybridized carbons (Fsp3) is 0.286. The lowest BCUT2D eigenvalue weighted by Crippen LogP contribution is -1.94. The van der Waals surface area contributed by atoms with E-state index in [0.29, 0.717) is 12.4 Å². The number of H-pyrrole nitrogens is 1. The van der Waals surface area contributed by atoms with Crippen LogP contribution in [0.2, 0.25) is 0 Å². The molecule has 11 heavy (non-hydrogen) atoms.